The van der Waals surface area contributed by atoms with Crippen molar-refractivity contribution in [3.8, 4) is 11.5 Å². The number of sulfonamides is 1. The molecule has 1 saturated heterocycles. The molecule has 3 aromatic rings. The molecule has 302 valence electrons. The molecule has 1 heterocycles. The van der Waals surface area contributed by atoms with Gasteiger partial charge in [0, 0.05) is 30.2 Å². The Labute approximate surface area is 336 Å². The molecule has 0 spiro atoms. The van der Waals surface area contributed by atoms with Gasteiger partial charge >= 0.3 is 12.2 Å². The Morgan fingerprint density at radius 1 is 0.839 bits per heavy atom. The highest BCUT2D eigenvalue weighted by molar-refractivity contribution is 7.92. The van der Waals surface area contributed by atoms with Crippen LogP contribution in [0.3, 0.4) is 0 Å². The van der Waals surface area contributed by atoms with Gasteiger partial charge in [0.1, 0.15) is 17.0 Å². The summed E-state index contributed by atoms with van der Waals surface area (Å²) < 4.78 is 45.4. The van der Waals surface area contributed by atoms with Crippen LogP contribution in [0, 0.1) is 5.92 Å². The largest absolute Gasteiger partial charge is 0.454 e. The molecule has 4 rings (SSSR count). The van der Waals surface area contributed by atoms with E-state index in [9.17, 15) is 27.6 Å². The molecule has 56 heavy (non-hydrogen) atoms. The van der Waals surface area contributed by atoms with Crippen LogP contribution in [0.5, 0.6) is 11.5 Å². The van der Waals surface area contributed by atoms with E-state index in [4.69, 9.17) is 37.4 Å². The van der Waals surface area contributed by atoms with Crippen LogP contribution in [0.25, 0.3) is 0 Å². The normalized spacial score (nSPS) is 14.0. The monoisotopic (exact) mass is 832 g/mol. The Kier molecular flexibility index (Phi) is 14.6. The van der Waals surface area contributed by atoms with Crippen LogP contribution in [0.1, 0.15) is 64.7 Å². The van der Waals surface area contributed by atoms with E-state index in [1.54, 1.807) is 76.8 Å². The van der Waals surface area contributed by atoms with Gasteiger partial charge in [0.15, 0.2) is 5.75 Å². The Morgan fingerprint density at radius 3 is 2.11 bits per heavy atom. The number of benzene rings is 3. The number of para-hydroxylation sites is 2. The summed E-state index contributed by atoms with van der Waals surface area (Å²) in [6, 6.07) is 16.3. The van der Waals surface area contributed by atoms with Crippen molar-refractivity contribution in [2.75, 3.05) is 30.9 Å². The third-order valence-electron chi connectivity index (χ3n) is 7.79. The molecule has 1 aliphatic rings. The fraction of sp³-hybridized carbons (Fsp3) is 0.395. The number of rotatable bonds is 10. The maximum Gasteiger partial charge on any atom is 0.437 e. The lowest BCUT2D eigenvalue weighted by Crippen LogP contribution is -2.50. The van der Waals surface area contributed by atoms with Gasteiger partial charge in [0.05, 0.1) is 22.2 Å². The number of amides is 4. The van der Waals surface area contributed by atoms with Crippen molar-refractivity contribution in [2.45, 2.75) is 70.5 Å². The van der Waals surface area contributed by atoms with E-state index in [0.29, 0.717) is 37.5 Å². The highest BCUT2D eigenvalue weighted by atomic mass is 35.5. The molecule has 1 fully saturated rings. The number of carbonyl (C=O) groups excluding carboxylic acids is 4. The second-order valence-electron chi connectivity index (χ2n) is 14.8. The molecule has 0 aliphatic carbocycles. The molecule has 15 nitrogen and oxygen atoms in total. The highest BCUT2D eigenvalue weighted by Crippen LogP contribution is 2.36. The predicted molar refractivity (Wildman–Crippen MR) is 213 cm³/mol. The summed E-state index contributed by atoms with van der Waals surface area (Å²) in [7, 11) is -4.10. The molecule has 0 saturated carbocycles. The van der Waals surface area contributed by atoms with Gasteiger partial charge in [-0.15, -0.1) is 4.99 Å². The minimum atomic E-state index is -4.10. The average molecular weight is 834 g/mol. The molecule has 0 unspecified atom stereocenters. The zero-order valence-corrected chi connectivity index (χ0v) is 34.2. The third-order valence-corrected chi connectivity index (χ3v) is 9.70. The molecule has 1 aliphatic heterocycles. The number of halogens is 2. The zero-order chi connectivity index (χ0) is 41.3. The molecule has 0 aromatic heterocycles. The van der Waals surface area contributed by atoms with Crippen molar-refractivity contribution >= 4 is 68.9 Å². The van der Waals surface area contributed by atoms with Crippen molar-refractivity contribution in [2.24, 2.45) is 10.9 Å². The Hall–Kier alpha value is -5.06. The topological polar surface area (TPSA) is 194 Å². The maximum absolute atomic E-state index is 13.2. The quantitative estimate of drug-likeness (QED) is 0.123. The summed E-state index contributed by atoms with van der Waals surface area (Å²) in [6.45, 7) is 11.2. The Bertz CT molecular complexity index is 2040. The van der Waals surface area contributed by atoms with Crippen LogP contribution in [0.4, 0.5) is 15.3 Å². The Balaban J connectivity index is 1.26. The van der Waals surface area contributed by atoms with Crippen molar-refractivity contribution in [3.05, 3.63) is 82.3 Å². The van der Waals surface area contributed by atoms with E-state index in [2.05, 4.69) is 25.7 Å². The standard InChI is InChI=1S/C38H46Cl2N6O9S/c1-37(2,3)54-35(49)43-34(44-36(50)55-38(4,5)6)46-19-17-24(18-20-46)22-41-32(47)23-42-33(48)25-11-14-27(15-12-25)56(51,52)45-29-9-7-8-10-31(29)53-30-16-13-26(39)21-28(30)40/h7-16,21,24,45H,17-20,22-23H2,1-6H3,(H,41,47)(H,42,48)(H,43,44,49,50). The first kappa shape index (κ1) is 43.7. The summed E-state index contributed by atoms with van der Waals surface area (Å²) >= 11 is 12.2. The lowest BCUT2D eigenvalue weighted by atomic mass is 9.97. The Morgan fingerprint density at radius 2 is 1.48 bits per heavy atom. The summed E-state index contributed by atoms with van der Waals surface area (Å²) in [4.78, 5) is 56.0. The van der Waals surface area contributed by atoms with Gasteiger partial charge in [-0.05, 0) is 115 Å². The summed E-state index contributed by atoms with van der Waals surface area (Å²) in [5.74, 6) is -0.419. The molecule has 0 bridgehead atoms. The molecule has 3 aromatic carbocycles. The summed E-state index contributed by atoms with van der Waals surface area (Å²) in [5, 5.41) is 8.58. The number of piperidine rings is 1. The first-order valence-electron chi connectivity index (χ1n) is 17.6. The van der Waals surface area contributed by atoms with Gasteiger partial charge in [-0.3, -0.25) is 19.6 Å². The molecule has 18 heteroatoms. The number of anilines is 1. The molecule has 4 N–H and O–H groups in total. The number of nitrogens with one attached hydrogen (secondary N) is 4. The number of hydrogen-bond acceptors (Lipinski definition) is 9. The lowest BCUT2D eigenvalue weighted by molar-refractivity contribution is -0.120. The van der Waals surface area contributed by atoms with Crippen molar-refractivity contribution in [3.63, 3.8) is 0 Å². The van der Waals surface area contributed by atoms with Crippen molar-refractivity contribution in [1.29, 1.82) is 0 Å². The number of alkyl carbamates (subject to hydrolysis) is 1. The fourth-order valence-electron chi connectivity index (χ4n) is 5.18. The van der Waals surface area contributed by atoms with Crippen LogP contribution in [-0.4, -0.2) is 80.7 Å². The molecule has 4 amide bonds. The minimum Gasteiger partial charge on any atom is -0.454 e. The van der Waals surface area contributed by atoms with E-state index in [-0.39, 0.29) is 51.1 Å². The number of likely N-dealkylation sites (tertiary alicyclic amines) is 1. The average Bonchev–Trinajstić information content (AvgIpc) is 3.10. The second kappa shape index (κ2) is 18.7. The van der Waals surface area contributed by atoms with Gasteiger partial charge in [0.25, 0.3) is 15.9 Å². The third kappa shape index (κ3) is 13.9. The number of guanidine groups is 1. The number of hydrogen-bond donors (Lipinski definition) is 4. The van der Waals surface area contributed by atoms with Gasteiger partial charge in [0.2, 0.25) is 11.9 Å². The number of ether oxygens (including phenoxy) is 3. The van der Waals surface area contributed by atoms with E-state index >= 15 is 0 Å². The first-order valence-corrected chi connectivity index (χ1v) is 19.9. The summed E-state index contributed by atoms with van der Waals surface area (Å²) in [6.07, 6.45) is -0.410. The van der Waals surface area contributed by atoms with Crippen molar-refractivity contribution in [1.82, 2.24) is 20.9 Å². The van der Waals surface area contributed by atoms with Crippen LogP contribution < -0.4 is 25.4 Å². The van der Waals surface area contributed by atoms with Crippen LogP contribution in [0.15, 0.2) is 76.6 Å². The van der Waals surface area contributed by atoms with Gasteiger partial charge in [-0.25, -0.2) is 18.0 Å². The maximum atomic E-state index is 13.2. The predicted octanol–water partition coefficient (Wildman–Crippen LogP) is 6.96. The van der Waals surface area contributed by atoms with E-state index in [1.165, 1.54) is 36.4 Å². The number of carbonyl (C=O) groups is 4. The van der Waals surface area contributed by atoms with Gasteiger partial charge in [-0.1, -0.05) is 35.3 Å². The molecule has 0 radical (unpaired) electrons. The molecular formula is C38H46Cl2N6O9S. The molecule has 0 atom stereocenters. The number of aliphatic imine (C=N–C) groups is 1. The smallest absolute Gasteiger partial charge is 0.437 e. The van der Waals surface area contributed by atoms with Gasteiger partial charge in [-0.2, -0.15) is 0 Å². The second-order valence-corrected chi connectivity index (χ2v) is 17.3. The van der Waals surface area contributed by atoms with Gasteiger partial charge < -0.3 is 29.7 Å². The molecular weight excluding hydrogens is 787 g/mol. The van der Waals surface area contributed by atoms with E-state index in [1.807, 2.05) is 0 Å². The highest BCUT2D eigenvalue weighted by Gasteiger charge is 2.27. The first-order chi connectivity index (χ1) is 26.2. The fourth-order valence-corrected chi connectivity index (χ4v) is 6.70. The van der Waals surface area contributed by atoms with Crippen LogP contribution in [0.2, 0.25) is 10.0 Å². The summed E-state index contributed by atoms with van der Waals surface area (Å²) in [5.41, 5.74) is -1.24. The zero-order valence-electron chi connectivity index (χ0n) is 31.9. The number of nitrogens with zero attached hydrogens (tertiary/aromatic N) is 2. The minimum absolute atomic E-state index is 0.0107. The van der Waals surface area contributed by atoms with Crippen LogP contribution in [-0.2, 0) is 24.3 Å². The van der Waals surface area contributed by atoms with Crippen molar-refractivity contribution < 1.29 is 41.8 Å². The van der Waals surface area contributed by atoms with E-state index < -0.39 is 45.2 Å². The SMILES string of the molecule is CC(C)(C)OC(=O)N=C(NC(=O)OC(C)(C)C)N1CCC(CNC(=O)CNC(=O)c2ccc(S(=O)(=O)Nc3ccccc3Oc3ccc(Cl)cc3Cl)cc2)CC1. The lowest BCUT2D eigenvalue weighted by Gasteiger charge is -2.34. The van der Waals surface area contributed by atoms with E-state index in [0.717, 1.165) is 0 Å². The van der Waals surface area contributed by atoms with Crippen LogP contribution >= 0.6 is 23.2 Å².